The van der Waals surface area contributed by atoms with Crippen molar-refractivity contribution in [3.63, 3.8) is 0 Å². The molecule has 35 heavy (non-hydrogen) atoms. The second-order valence-corrected chi connectivity index (χ2v) is 9.01. The zero-order valence-corrected chi connectivity index (χ0v) is 19.8. The third-order valence-corrected chi connectivity index (χ3v) is 6.85. The Bertz CT molecular complexity index is 1160. The molecule has 6 nitrogen and oxygen atoms in total. The number of rotatable bonds is 6. The van der Waals surface area contributed by atoms with Gasteiger partial charge in [-0.1, -0.05) is 12.1 Å². The lowest BCUT2D eigenvalue weighted by atomic mass is 10.0. The summed E-state index contributed by atoms with van der Waals surface area (Å²) in [6, 6.07) is 14.4. The highest BCUT2D eigenvalue weighted by atomic mass is 32.1. The van der Waals surface area contributed by atoms with E-state index in [0.29, 0.717) is 30.6 Å². The minimum absolute atomic E-state index is 0.243. The van der Waals surface area contributed by atoms with Gasteiger partial charge in [0.2, 0.25) is 0 Å². The number of ether oxygens (including phenoxy) is 1. The average molecular weight is 502 g/mol. The highest BCUT2D eigenvalue weighted by Gasteiger charge is 2.41. The molecular formula is C25H26F3N5OS. The fourth-order valence-corrected chi connectivity index (χ4v) is 5.08. The van der Waals surface area contributed by atoms with E-state index >= 15 is 0 Å². The van der Waals surface area contributed by atoms with Crippen LogP contribution in [0.1, 0.15) is 29.0 Å². The highest BCUT2D eigenvalue weighted by molar-refractivity contribution is 7.80. The average Bonchev–Trinajstić information content (AvgIpc) is 3.47. The maximum absolute atomic E-state index is 13.4. The molecule has 2 fully saturated rings. The van der Waals surface area contributed by atoms with E-state index < -0.39 is 11.7 Å². The Hall–Kier alpha value is -2.95. The van der Waals surface area contributed by atoms with Crippen LogP contribution in [-0.2, 0) is 10.9 Å². The number of pyridine rings is 1. The molecule has 0 saturated carbocycles. The van der Waals surface area contributed by atoms with E-state index in [1.165, 1.54) is 12.1 Å². The van der Waals surface area contributed by atoms with Gasteiger partial charge in [0.25, 0.3) is 0 Å². The molecule has 1 aromatic carbocycles. The van der Waals surface area contributed by atoms with Crippen LogP contribution in [0.5, 0.6) is 0 Å². The van der Waals surface area contributed by atoms with E-state index in [1.54, 1.807) is 18.5 Å². The van der Waals surface area contributed by atoms with Gasteiger partial charge in [-0.2, -0.15) is 13.2 Å². The molecule has 2 aromatic heterocycles. The number of halogens is 3. The molecule has 2 atom stereocenters. The number of benzene rings is 1. The van der Waals surface area contributed by atoms with Gasteiger partial charge in [0.1, 0.15) is 0 Å². The molecule has 0 unspecified atom stereocenters. The van der Waals surface area contributed by atoms with Gasteiger partial charge in [0, 0.05) is 50.0 Å². The molecule has 0 spiro atoms. The first-order chi connectivity index (χ1) is 16.9. The van der Waals surface area contributed by atoms with Crippen molar-refractivity contribution < 1.29 is 17.9 Å². The van der Waals surface area contributed by atoms with Gasteiger partial charge < -0.3 is 19.5 Å². The maximum atomic E-state index is 13.4. The normalized spacial score (nSPS) is 21.3. The molecule has 2 aliphatic rings. The van der Waals surface area contributed by atoms with E-state index in [1.807, 2.05) is 34.9 Å². The Balaban J connectivity index is 1.51. The van der Waals surface area contributed by atoms with Crippen LogP contribution in [0.3, 0.4) is 0 Å². The van der Waals surface area contributed by atoms with Crippen LogP contribution < -0.4 is 5.32 Å². The Kier molecular flexibility index (Phi) is 6.77. The third kappa shape index (κ3) is 5.05. The van der Waals surface area contributed by atoms with Gasteiger partial charge in [-0.05, 0) is 54.7 Å². The third-order valence-electron chi connectivity index (χ3n) is 6.49. The summed E-state index contributed by atoms with van der Waals surface area (Å²) in [7, 11) is 0. The van der Waals surface area contributed by atoms with Crippen molar-refractivity contribution in [2.45, 2.75) is 18.3 Å². The minimum Gasteiger partial charge on any atom is -0.379 e. The minimum atomic E-state index is -4.42. The number of alkyl halides is 3. The SMILES string of the molecule is FC(F)(F)c1cccc(-n2cccc2[C@@H]2[C@@H](c3ccccn3)NC(=S)N2CCN2CCOCC2)c1. The van der Waals surface area contributed by atoms with Crippen molar-refractivity contribution in [3.8, 4) is 5.69 Å². The quantitative estimate of drug-likeness (QED) is 0.511. The predicted octanol–water partition coefficient (Wildman–Crippen LogP) is 4.20. The lowest BCUT2D eigenvalue weighted by Crippen LogP contribution is -2.42. The van der Waals surface area contributed by atoms with E-state index in [0.717, 1.165) is 37.1 Å². The molecule has 184 valence electrons. The second kappa shape index (κ2) is 9.96. The van der Waals surface area contributed by atoms with Crippen molar-refractivity contribution >= 4 is 17.3 Å². The summed E-state index contributed by atoms with van der Waals surface area (Å²) in [5, 5.41) is 4.03. The first-order valence-corrected chi connectivity index (χ1v) is 12.0. The van der Waals surface area contributed by atoms with Crippen LogP contribution in [0, 0.1) is 0 Å². The van der Waals surface area contributed by atoms with Crippen molar-refractivity contribution in [1.82, 2.24) is 24.7 Å². The van der Waals surface area contributed by atoms with Crippen LogP contribution >= 0.6 is 12.2 Å². The molecule has 5 rings (SSSR count). The Morgan fingerprint density at radius 3 is 2.60 bits per heavy atom. The van der Waals surface area contributed by atoms with Gasteiger partial charge in [0.15, 0.2) is 5.11 Å². The molecular weight excluding hydrogens is 475 g/mol. The lowest BCUT2D eigenvalue weighted by molar-refractivity contribution is -0.137. The smallest absolute Gasteiger partial charge is 0.379 e. The molecule has 0 radical (unpaired) electrons. The van der Waals surface area contributed by atoms with Crippen LogP contribution in [0.25, 0.3) is 5.69 Å². The zero-order chi connectivity index (χ0) is 24.4. The summed E-state index contributed by atoms with van der Waals surface area (Å²) in [5.41, 5.74) is 1.44. The summed E-state index contributed by atoms with van der Waals surface area (Å²) >= 11 is 5.75. The van der Waals surface area contributed by atoms with Crippen molar-refractivity contribution in [2.24, 2.45) is 0 Å². The molecule has 0 bridgehead atoms. The summed E-state index contributed by atoms with van der Waals surface area (Å²) < 4.78 is 47.5. The monoisotopic (exact) mass is 501 g/mol. The highest BCUT2D eigenvalue weighted by Crippen LogP contribution is 2.40. The summed E-state index contributed by atoms with van der Waals surface area (Å²) in [6.45, 7) is 4.63. The molecule has 0 aliphatic carbocycles. The molecule has 2 aliphatic heterocycles. The second-order valence-electron chi connectivity index (χ2n) is 8.63. The van der Waals surface area contributed by atoms with Crippen molar-refractivity contribution in [2.75, 3.05) is 39.4 Å². The van der Waals surface area contributed by atoms with Crippen molar-refractivity contribution in [1.29, 1.82) is 0 Å². The van der Waals surface area contributed by atoms with Gasteiger partial charge in [-0.15, -0.1) is 0 Å². The fourth-order valence-electron chi connectivity index (χ4n) is 4.74. The van der Waals surface area contributed by atoms with Gasteiger partial charge in [-0.3, -0.25) is 9.88 Å². The standard InChI is InChI=1S/C25H26F3N5OS/c26-25(27,28)18-5-3-6-19(17-18)32-10-4-8-21(32)23-22(20-7-1-2-9-29-20)30-24(35)33(23)12-11-31-13-15-34-16-14-31/h1-10,17,22-23H,11-16H2,(H,30,35)/t22-,23-/m1/s1. The fraction of sp³-hybridized carbons (Fsp3) is 0.360. The topological polar surface area (TPSA) is 45.6 Å². The first-order valence-electron chi connectivity index (χ1n) is 11.5. The van der Waals surface area contributed by atoms with Crippen LogP contribution in [0.2, 0.25) is 0 Å². The molecule has 2 saturated heterocycles. The number of hydrogen-bond donors (Lipinski definition) is 1. The first kappa shape index (κ1) is 23.8. The summed E-state index contributed by atoms with van der Waals surface area (Å²) in [4.78, 5) is 9.02. The number of nitrogens with one attached hydrogen (secondary N) is 1. The van der Waals surface area contributed by atoms with Crippen molar-refractivity contribution in [3.05, 3.63) is 83.9 Å². The van der Waals surface area contributed by atoms with Gasteiger partial charge in [0.05, 0.1) is 36.6 Å². The molecule has 1 N–H and O–H groups in total. The van der Waals surface area contributed by atoms with E-state index in [9.17, 15) is 13.2 Å². The molecule has 4 heterocycles. The summed E-state index contributed by atoms with van der Waals surface area (Å²) in [6.07, 6.45) is -0.887. The van der Waals surface area contributed by atoms with Gasteiger partial charge in [-0.25, -0.2) is 0 Å². The molecule has 10 heteroatoms. The van der Waals surface area contributed by atoms with Crippen LogP contribution in [0.4, 0.5) is 13.2 Å². The number of nitrogens with zero attached hydrogens (tertiary/aromatic N) is 4. The largest absolute Gasteiger partial charge is 0.416 e. The molecule has 3 aromatic rings. The lowest BCUT2D eigenvalue weighted by Gasteiger charge is -2.32. The number of thiocarbonyl (C=S) groups is 1. The zero-order valence-electron chi connectivity index (χ0n) is 19.0. The van der Waals surface area contributed by atoms with Crippen LogP contribution in [-0.4, -0.2) is 63.9 Å². The Morgan fingerprint density at radius 2 is 1.86 bits per heavy atom. The Morgan fingerprint density at radius 1 is 1.03 bits per heavy atom. The van der Waals surface area contributed by atoms with Crippen LogP contribution in [0.15, 0.2) is 67.0 Å². The van der Waals surface area contributed by atoms with E-state index in [2.05, 4.69) is 20.1 Å². The predicted molar refractivity (Wildman–Crippen MR) is 130 cm³/mol. The van der Waals surface area contributed by atoms with Gasteiger partial charge >= 0.3 is 6.18 Å². The number of hydrogen-bond acceptors (Lipinski definition) is 4. The van der Waals surface area contributed by atoms with E-state index in [4.69, 9.17) is 17.0 Å². The number of aromatic nitrogens is 2. The number of morpholine rings is 1. The maximum Gasteiger partial charge on any atom is 0.416 e. The van der Waals surface area contributed by atoms with E-state index in [-0.39, 0.29) is 12.1 Å². The molecule has 0 amide bonds. The Labute approximate surface area is 207 Å². The summed E-state index contributed by atoms with van der Waals surface area (Å²) in [5.74, 6) is 0.